The summed E-state index contributed by atoms with van der Waals surface area (Å²) >= 11 is 24.4. The molecule has 6 aromatic carbocycles. The summed E-state index contributed by atoms with van der Waals surface area (Å²) in [5, 5.41) is 42.8. The predicted octanol–water partition coefficient (Wildman–Crippen LogP) is 22.9. The van der Waals surface area contributed by atoms with Gasteiger partial charge < -0.3 is 77.3 Å². The molecule has 0 bridgehead atoms. The number of aliphatic carboxylic acids is 2. The van der Waals surface area contributed by atoms with Crippen molar-refractivity contribution in [3.8, 4) is 17.4 Å². The van der Waals surface area contributed by atoms with E-state index in [1.807, 2.05) is 132 Å². The van der Waals surface area contributed by atoms with Gasteiger partial charge in [-0.25, -0.2) is 4.79 Å². The zero-order valence-electron chi connectivity index (χ0n) is 92.9. The molecule has 0 saturated carbocycles. The van der Waals surface area contributed by atoms with E-state index >= 15 is 0 Å². The van der Waals surface area contributed by atoms with Crippen LogP contribution in [-0.2, 0) is 85.9 Å². The lowest BCUT2D eigenvalue weighted by molar-refractivity contribution is -0.155. The minimum absolute atomic E-state index is 0. The number of thiol groups is 6. The Morgan fingerprint density at radius 1 is 0.412 bits per heavy atom. The molecule has 0 aliphatic carbocycles. The van der Waals surface area contributed by atoms with Crippen LogP contribution in [0.25, 0.3) is 0 Å². The highest BCUT2D eigenvalue weighted by atomic mass is 33.1. The molecule has 5 amide bonds. The SMILES string of the molecule is CC(=O)C[C@@H](C(=O)N(C)CCN(C)C(=O)OC(C)(C)C)N(C)C(=O)[C@H](CCCCNC(=O)CCCCCSC(c1ccccc1)(c1ccccc1)c1ccccc1)NC(=O)CCCCCSC(c1ccccc1)(c1ccccc1)c1ccccc1.CC(=O)O.CC(=O)O.CCC(=O)OC(C)(C)C.CCC(=O)OC(C)(C)C.CCC(=O)OC(C)(C)C.CN.COC(C)=O.CS.CS.CS.CS.N.N.N#CP.N#CP.N#CP.SS. The molecule has 0 fully saturated rings. The second-order valence-corrected chi connectivity index (χ2v) is 37.2. The van der Waals surface area contributed by atoms with Gasteiger partial charge in [-0.1, -0.05) is 216 Å². The first-order valence-electron chi connectivity index (χ1n) is 46.9. The van der Waals surface area contributed by atoms with E-state index in [4.69, 9.17) is 54.5 Å². The Bertz CT molecular complexity index is 4200. The molecular weight excluding hydrogens is 2090 g/mol. The first-order valence-corrected chi connectivity index (χ1v) is 55.8. The van der Waals surface area contributed by atoms with Crippen molar-refractivity contribution in [1.29, 1.82) is 15.8 Å². The number of nitrogens with one attached hydrogen (secondary N) is 2. The molecule has 30 nitrogen and oxygen atoms in total. The molecule has 840 valence electrons. The molecule has 6 aromatic rings. The average molecular weight is 2270 g/mol. The average Bonchev–Trinajstić information content (AvgIpc) is 0.761. The van der Waals surface area contributed by atoms with E-state index in [2.05, 4.69) is 259 Å². The minimum atomic E-state index is -1.15. The van der Waals surface area contributed by atoms with Crippen LogP contribution in [0.5, 0.6) is 0 Å². The summed E-state index contributed by atoms with van der Waals surface area (Å²) < 4.78 is 23.6. The van der Waals surface area contributed by atoms with Crippen LogP contribution in [0, 0.1) is 33.2 Å². The number of hydrogen-bond acceptors (Lipinski definition) is 31. The van der Waals surface area contributed by atoms with Gasteiger partial charge in [0.15, 0.2) is 0 Å². The quantitative estimate of drug-likeness (QED) is 0.00328. The van der Waals surface area contributed by atoms with E-state index in [0.29, 0.717) is 51.5 Å². The molecule has 148 heavy (non-hydrogen) atoms. The van der Waals surface area contributed by atoms with Gasteiger partial charge in [-0.05, 0) is 240 Å². The van der Waals surface area contributed by atoms with Crippen molar-refractivity contribution in [3.05, 3.63) is 215 Å². The number of ether oxygens (including phenoxy) is 5. The lowest BCUT2D eigenvalue weighted by Gasteiger charge is -2.35. The Kier molecular flexibility index (Phi) is 116. The van der Waals surface area contributed by atoms with Gasteiger partial charge in [0.05, 0.1) is 34.0 Å². The summed E-state index contributed by atoms with van der Waals surface area (Å²) in [6.45, 7) is 33.0. The van der Waals surface area contributed by atoms with Crippen LogP contribution in [0.15, 0.2) is 182 Å². The first-order chi connectivity index (χ1) is 68.8. The lowest BCUT2D eigenvalue weighted by atomic mass is 9.84. The van der Waals surface area contributed by atoms with Gasteiger partial charge in [-0.3, -0.25) is 52.7 Å². The fraction of sp³-hybridized carbons (Fsp3) is 0.523. The Hall–Kier alpha value is -8.60. The number of nitriles is 3. The van der Waals surface area contributed by atoms with E-state index < -0.39 is 52.3 Å². The number of benzene rings is 6. The van der Waals surface area contributed by atoms with Crippen molar-refractivity contribution in [1.82, 2.24) is 37.6 Å². The van der Waals surface area contributed by atoms with Crippen LogP contribution >= 0.6 is 125 Å². The summed E-state index contributed by atoms with van der Waals surface area (Å²) in [5.41, 5.74) is 10.1. The van der Waals surface area contributed by atoms with Crippen LogP contribution in [0.1, 0.15) is 261 Å². The molecule has 0 saturated heterocycles. The Balaban J connectivity index is -0.000000238. The molecule has 0 aliphatic rings. The maximum Gasteiger partial charge on any atom is 0.410 e. The van der Waals surface area contributed by atoms with E-state index in [1.54, 1.807) is 98.1 Å². The summed E-state index contributed by atoms with van der Waals surface area (Å²) in [7, 11) is 13.2. The van der Waals surface area contributed by atoms with E-state index in [1.165, 1.54) is 83.1 Å². The second-order valence-electron chi connectivity index (χ2n) is 33.8. The van der Waals surface area contributed by atoms with Crippen molar-refractivity contribution in [2.45, 2.75) is 272 Å². The van der Waals surface area contributed by atoms with Crippen LogP contribution in [0.4, 0.5) is 4.79 Å². The zero-order valence-corrected chi connectivity index (χ0v) is 103. The number of hydrogen-bond donors (Lipinski definition) is 13. The monoisotopic (exact) mass is 2270 g/mol. The van der Waals surface area contributed by atoms with Crippen LogP contribution in [0.3, 0.4) is 0 Å². The molecule has 0 radical (unpaired) electrons. The van der Waals surface area contributed by atoms with Crippen molar-refractivity contribution < 1.29 is 91.4 Å². The van der Waals surface area contributed by atoms with Gasteiger partial charge in [-0.15, -0.1) is 46.8 Å². The lowest BCUT2D eigenvalue weighted by Crippen LogP contribution is -2.55. The van der Waals surface area contributed by atoms with Crippen LogP contribution in [0.2, 0.25) is 0 Å². The van der Waals surface area contributed by atoms with Crippen molar-refractivity contribution in [2.24, 2.45) is 5.73 Å². The largest absolute Gasteiger partial charge is 0.481 e. The molecular formula is C107H180N11O19P3S8. The third-order valence-electron chi connectivity index (χ3n) is 17.5. The summed E-state index contributed by atoms with van der Waals surface area (Å²) in [5.74, 6) is 2.87. The number of carboxylic acids is 2. The molecule has 0 spiro atoms. The minimum Gasteiger partial charge on any atom is -0.481 e. The number of rotatable bonds is 37. The molecule has 0 heterocycles. The third-order valence-corrected chi connectivity index (χ3v) is 20.8. The molecule has 0 aromatic heterocycles. The number of nitrogens with two attached hydrogens (primary N) is 1. The number of Topliss-reactive ketones (excluding diaryl/α,β-unsaturated/α-hetero) is 1. The normalized spacial score (nSPS) is 10.1. The smallest absolute Gasteiger partial charge is 0.410 e. The van der Waals surface area contributed by atoms with Crippen molar-refractivity contribution in [2.75, 3.05) is 91.5 Å². The van der Waals surface area contributed by atoms with Crippen LogP contribution < -0.4 is 28.7 Å². The maximum absolute atomic E-state index is 14.6. The fourth-order valence-corrected chi connectivity index (χ4v) is 15.0. The first kappa shape index (κ1) is 165. The molecule has 5 atom stereocenters. The number of nitrogens with zero attached hydrogens (tertiary/aromatic N) is 6. The van der Waals surface area contributed by atoms with Crippen molar-refractivity contribution in [3.63, 3.8) is 0 Å². The number of methoxy groups -OCH3 is 1. The highest BCUT2D eigenvalue weighted by Crippen LogP contribution is 2.50. The van der Waals surface area contributed by atoms with Gasteiger partial charge in [0.1, 0.15) is 40.3 Å². The molecule has 12 N–H and O–H groups in total. The Labute approximate surface area is 936 Å². The number of thioether (sulfide) groups is 2. The van der Waals surface area contributed by atoms with E-state index in [0.717, 1.165) is 57.5 Å². The number of unbranched alkanes of at least 4 members (excludes halogenated alkanes) is 5. The zero-order chi connectivity index (χ0) is 115. The number of carboxylic acid groups (broad SMARTS) is 2. The van der Waals surface area contributed by atoms with Gasteiger partial charge in [0.25, 0.3) is 11.9 Å². The molecule has 41 heteroatoms. The van der Waals surface area contributed by atoms with E-state index in [-0.39, 0.29) is 108 Å². The highest BCUT2D eigenvalue weighted by molar-refractivity contribution is 8.59. The summed E-state index contributed by atoms with van der Waals surface area (Å²) in [6, 6.07) is 61.6. The number of esters is 4. The third kappa shape index (κ3) is 90.1. The topological polar surface area (TPSA) is 493 Å². The number of ketones is 1. The summed E-state index contributed by atoms with van der Waals surface area (Å²) in [6.07, 6.45) is 14.1. The number of likely N-dealkylation sites (N-methyl/N-ethyl adjacent to an activating group) is 3. The number of carbonyl (C=O) groups excluding carboxylic acids is 10. The standard InChI is InChI=1S/C71H89N5O7S2.3C7H14O2.C3H6O2.2C2H4O2.3CH2NP.CH5N.4CH4S.2H3N.H2S2/c1-55(77)54-63(67(81)74(5)50-51-75(6)68(82)83-69(2,3)4)76(7)66(80)62(73-65(79)48-29-15-33-53-85-71(59-40-22-11-23-41-59,60-42-24-12-25-43-60)61-44-26-13-27-45-61)46-30-31-49-72-64(78)47-28-14-32-52-84-70(56-34-16-8-17-35-56,57-36-18-9-19-37-57)58-38-20-10-21-39-58;3*1-5-6(8)9-7(2,3)4;1-3(4)5-2;2*1-2(3)4;3*2-1-3;5*1-2;;;1-2/h8-13,16-27,34-45,62-63H,14-15,28-33,46-54H2,1-7H3,(H,72,78)(H,73,79);3*5H2,1-4H3;1-2H3;2*1H3,(H,3,4);3*3H2;2H2,1H3;4*2H,1H3;2*1H3;1-2H/t62-,63-;;;;;;;;;;;;;;;;;/m0................./s1. The Morgan fingerprint density at radius 3 is 0.878 bits per heavy atom. The number of carbonyl (C=O) groups is 12. The highest BCUT2D eigenvalue weighted by Gasteiger charge is 2.39. The Morgan fingerprint density at radius 2 is 0.655 bits per heavy atom. The molecule has 3 unspecified atom stereocenters. The van der Waals surface area contributed by atoms with Gasteiger partial charge >= 0.3 is 30.0 Å². The van der Waals surface area contributed by atoms with Gasteiger partial charge in [-0.2, -0.15) is 66.3 Å². The molecule has 0 aliphatic heterocycles. The van der Waals surface area contributed by atoms with Crippen molar-refractivity contribution >= 4 is 196 Å². The van der Waals surface area contributed by atoms with Crippen LogP contribution in [-0.4, -0.2) is 222 Å². The summed E-state index contributed by atoms with van der Waals surface area (Å²) in [4.78, 5) is 145. The van der Waals surface area contributed by atoms with Gasteiger partial charge in [0, 0.05) is 100 Å². The number of amides is 5. The maximum atomic E-state index is 14.6. The predicted molar refractivity (Wildman–Crippen MR) is 644 cm³/mol. The second kappa shape index (κ2) is 104. The van der Waals surface area contributed by atoms with Gasteiger partial charge in [0.2, 0.25) is 23.6 Å². The fourth-order valence-electron chi connectivity index (χ4n) is 11.8. The van der Waals surface area contributed by atoms with E-state index in [9.17, 15) is 47.9 Å². The molecule has 6 rings (SSSR count).